The van der Waals surface area contributed by atoms with Crippen molar-refractivity contribution in [3.63, 3.8) is 0 Å². The molecule has 0 aromatic heterocycles. The van der Waals surface area contributed by atoms with Crippen LogP contribution in [0.1, 0.15) is 62.7 Å². The molecule has 1 amide bonds. The fourth-order valence-electron chi connectivity index (χ4n) is 3.80. The van der Waals surface area contributed by atoms with Gasteiger partial charge in [-0.05, 0) is 63.0 Å². The summed E-state index contributed by atoms with van der Waals surface area (Å²) in [5.74, 6) is 0.339. The maximum atomic E-state index is 12.7. The minimum Gasteiger partial charge on any atom is -0.454 e. The molecule has 2 aromatic rings. The number of primary sulfonamides is 1. The van der Waals surface area contributed by atoms with Crippen LogP contribution in [0.2, 0.25) is 0 Å². The third-order valence-corrected chi connectivity index (χ3v) is 6.74. The average molecular weight is 519 g/mol. The number of carbonyl (C=O) groups excluding carboxylic acids is 1. The van der Waals surface area contributed by atoms with E-state index in [2.05, 4.69) is 24.1 Å². The molecule has 1 aliphatic heterocycles. The molecule has 1 heterocycles. The van der Waals surface area contributed by atoms with Crippen molar-refractivity contribution in [3.05, 3.63) is 48.0 Å². The van der Waals surface area contributed by atoms with E-state index in [0.717, 1.165) is 25.7 Å². The molecule has 1 saturated heterocycles. The van der Waals surface area contributed by atoms with Crippen LogP contribution >= 0.6 is 0 Å². The maximum absolute atomic E-state index is 12.7. The highest BCUT2D eigenvalue weighted by molar-refractivity contribution is 7.89. The molecule has 3 rings (SSSR count). The monoisotopic (exact) mass is 518 g/mol. The molecule has 0 spiro atoms. The number of nitrogens with one attached hydrogen (secondary N) is 1. The largest absolute Gasteiger partial charge is 0.454 e. The van der Waals surface area contributed by atoms with Crippen LogP contribution in [0.3, 0.4) is 0 Å². The number of sulfonamides is 1. The Hall–Kier alpha value is -2.62. The first kappa shape index (κ1) is 29.6. The highest BCUT2D eigenvalue weighted by Crippen LogP contribution is 2.39. The molecule has 9 heteroatoms. The van der Waals surface area contributed by atoms with Crippen LogP contribution < -0.4 is 20.1 Å². The van der Waals surface area contributed by atoms with Gasteiger partial charge in [-0.25, -0.2) is 13.6 Å². The van der Waals surface area contributed by atoms with E-state index in [-0.39, 0.29) is 22.1 Å². The summed E-state index contributed by atoms with van der Waals surface area (Å²) < 4.78 is 31.2. The Kier molecular flexibility index (Phi) is 12.2. The molecule has 0 saturated carbocycles. The molecule has 0 atom stereocenters. The maximum Gasteiger partial charge on any atom is 0.253 e. The second-order valence-corrected chi connectivity index (χ2v) is 10.7. The number of unbranched alkanes of at least 4 members (excludes halogenated alkanes) is 2. The van der Waals surface area contributed by atoms with E-state index in [1.807, 2.05) is 18.2 Å². The molecule has 1 fully saturated rings. The number of para-hydroxylation sites is 1. The summed E-state index contributed by atoms with van der Waals surface area (Å²) in [4.78, 5) is 16.0. The molecule has 36 heavy (non-hydrogen) atoms. The predicted molar refractivity (Wildman–Crippen MR) is 146 cm³/mol. The van der Waals surface area contributed by atoms with E-state index in [9.17, 15) is 13.2 Å². The molecule has 2 aromatic carbocycles. The molecule has 0 unspecified atom stereocenters. The number of benzene rings is 2. The fraction of sp³-hybridized carbons (Fsp3) is 0.519. The predicted octanol–water partition coefficient (Wildman–Crippen LogP) is 4.60. The number of rotatable bonds is 11. The molecular weight excluding hydrogens is 476 g/mol. The van der Waals surface area contributed by atoms with Gasteiger partial charge in [-0.15, -0.1) is 0 Å². The van der Waals surface area contributed by atoms with Crippen molar-refractivity contribution < 1.29 is 17.9 Å². The van der Waals surface area contributed by atoms with E-state index in [1.54, 1.807) is 32.3 Å². The normalized spacial score (nSPS) is 13.0. The van der Waals surface area contributed by atoms with Crippen molar-refractivity contribution in [1.82, 2.24) is 10.2 Å². The lowest BCUT2D eigenvalue weighted by atomic mass is 10.1. The number of hydrogen-bond donors (Lipinski definition) is 2. The zero-order chi connectivity index (χ0) is 26.6. The highest BCUT2D eigenvalue weighted by Gasteiger charge is 2.26. The van der Waals surface area contributed by atoms with Gasteiger partial charge in [0.2, 0.25) is 10.0 Å². The zero-order valence-corrected chi connectivity index (χ0v) is 22.9. The molecule has 200 valence electrons. The number of hydrogen-bond acceptors (Lipinski definition) is 6. The number of ether oxygens (including phenoxy) is 1. The molecule has 3 N–H and O–H groups in total. The fourth-order valence-corrected chi connectivity index (χ4v) is 4.50. The number of nitrogens with zero attached hydrogens (tertiary/aromatic N) is 2. The summed E-state index contributed by atoms with van der Waals surface area (Å²) >= 11 is 0. The molecular formula is C27H42N4O4S. The van der Waals surface area contributed by atoms with Crippen molar-refractivity contribution in [2.45, 2.75) is 57.3 Å². The molecule has 0 bridgehead atoms. The van der Waals surface area contributed by atoms with Crippen LogP contribution in [0.5, 0.6) is 11.5 Å². The quantitative estimate of drug-likeness (QED) is 0.450. The Bertz CT molecular complexity index is 1040. The zero-order valence-electron chi connectivity index (χ0n) is 22.1. The van der Waals surface area contributed by atoms with E-state index in [4.69, 9.17) is 9.88 Å². The summed E-state index contributed by atoms with van der Waals surface area (Å²) in [7, 11) is -0.907. The molecule has 0 aliphatic carbocycles. The smallest absolute Gasteiger partial charge is 0.253 e. The van der Waals surface area contributed by atoms with Gasteiger partial charge >= 0.3 is 0 Å². The first-order valence-corrected chi connectivity index (χ1v) is 14.3. The van der Waals surface area contributed by atoms with E-state index in [0.29, 0.717) is 24.5 Å². The van der Waals surface area contributed by atoms with E-state index >= 15 is 0 Å². The second-order valence-electron chi connectivity index (χ2n) is 9.13. The lowest BCUT2D eigenvalue weighted by Crippen LogP contribution is -2.28. The summed E-state index contributed by atoms with van der Waals surface area (Å²) in [6, 6.07) is 12.0. The van der Waals surface area contributed by atoms with Gasteiger partial charge in [0.25, 0.3) is 5.91 Å². The van der Waals surface area contributed by atoms with Gasteiger partial charge in [-0.1, -0.05) is 44.9 Å². The Labute approximate surface area is 216 Å². The second kappa shape index (κ2) is 14.8. The number of carbonyl (C=O) groups is 1. The van der Waals surface area contributed by atoms with Crippen LogP contribution in [-0.4, -0.2) is 59.5 Å². The Morgan fingerprint density at radius 2 is 1.58 bits per heavy atom. The van der Waals surface area contributed by atoms with Crippen LogP contribution in [-0.2, 0) is 10.0 Å². The van der Waals surface area contributed by atoms with Crippen molar-refractivity contribution in [2.75, 3.05) is 45.2 Å². The standard InChI is InChI=1S/C23H33N3O4S.C4H9N/c1-5-7-14-26(15-8-6-2)20-16-18(23(27)25(3)4)17-21(31(24,28)29)22(20)30-19-12-10-9-11-13-19;1-2-4-5-3-1/h9-13,16-17H,5-8,14-15H2,1-4H3,(H2,24,28,29);5H,1-4H2. The van der Waals surface area contributed by atoms with E-state index < -0.39 is 10.0 Å². The summed E-state index contributed by atoms with van der Waals surface area (Å²) in [5.41, 5.74) is 0.810. The minimum atomic E-state index is -4.15. The summed E-state index contributed by atoms with van der Waals surface area (Å²) in [6.45, 7) is 8.12. The topological polar surface area (TPSA) is 105 Å². The van der Waals surface area contributed by atoms with Crippen molar-refractivity contribution in [1.29, 1.82) is 0 Å². The van der Waals surface area contributed by atoms with Crippen molar-refractivity contribution in [3.8, 4) is 11.5 Å². The van der Waals surface area contributed by atoms with Gasteiger partial charge in [0, 0.05) is 32.7 Å². The highest BCUT2D eigenvalue weighted by atomic mass is 32.2. The summed E-state index contributed by atoms with van der Waals surface area (Å²) in [6.07, 6.45) is 6.59. The van der Waals surface area contributed by atoms with Crippen LogP contribution in [0.15, 0.2) is 47.4 Å². The van der Waals surface area contributed by atoms with Gasteiger partial charge in [-0.3, -0.25) is 4.79 Å². The molecule has 8 nitrogen and oxygen atoms in total. The third kappa shape index (κ3) is 9.11. The SMILES string of the molecule is C1CCNC1.CCCCN(CCCC)c1cc(C(=O)N(C)C)cc(S(N)(=O)=O)c1Oc1ccccc1. The number of nitrogens with two attached hydrogens (primary N) is 1. The first-order valence-electron chi connectivity index (χ1n) is 12.8. The van der Waals surface area contributed by atoms with Gasteiger partial charge in [0.15, 0.2) is 5.75 Å². The summed E-state index contributed by atoms with van der Waals surface area (Å²) in [5, 5.41) is 8.80. The lowest BCUT2D eigenvalue weighted by Gasteiger charge is -2.28. The minimum absolute atomic E-state index is 0.149. The van der Waals surface area contributed by atoms with Crippen LogP contribution in [0, 0.1) is 0 Å². The van der Waals surface area contributed by atoms with Gasteiger partial charge < -0.3 is 19.9 Å². The van der Waals surface area contributed by atoms with Gasteiger partial charge in [0.05, 0.1) is 5.69 Å². The van der Waals surface area contributed by atoms with Crippen LogP contribution in [0.4, 0.5) is 5.69 Å². The molecule has 1 aliphatic rings. The van der Waals surface area contributed by atoms with Gasteiger partial charge in [0.1, 0.15) is 10.6 Å². The average Bonchev–Trinajstić information content (AvgIpc) is 3.44. The van der Waals surface area contributed by atoms with E-state index in [1.165, 1.54) is 36.9 Å². The Morgan fingerprint density at radius 1 is 1.00 bits per heavy atom. The third-order valence-electron chi connectivity index (χ3n) is 5.82. The number of anilines is 1. The Balaban J connectivity index is 0.000000809. The van der Waals surface area contributed by atoms with Crippen molar-refractivity contribution in [2.24, 2.45) is 5.14 Å². The van der Waals surface area contributed by atoms with Crippen molar-refractivity contribution >= 4 is 21.6 Å². The first-order chi connectivity index (χ1) is 17.2. The van der Waals surface area contributed by atoms with Crippen LogP contribution in [0.25, 0.3) is 0 Å². The lowest BCUT2D eigenvalue weighted by molar-refractivity contribution is 0.0827. The number of amides is 1. The Morgan fingerprint density at radius 3 is 2.03 bits per heavy atom. The molecule has 0 radical (unpaired) electrons. The van der Waals surface area contributed by atoms with Gasteiger partial charge in [-0.2, -0.15) is 0 Å².